The van der Waals surface area contributed by atoms with Crippen LogP contribution in [0.25, 0.3) is 0 Å². The zero-order valence-electron chi connectivity index (χ0n) is 15.2. The lowest BCUT2D eigenvalue weighted by molar-refractivity contribution is 0.318. The highest BCUT2D eigenvalue weighted by atomic mass is 19.2. The van der Waals surface area contributed by atoms with Crippen LogP contribution in [0.3, 0.4) is 0 Å². The smallest absolute Gasteiger partial charge is 0.191 e. The minimum atomic E-state index is -0.932. The zero-order valence-corrected chi connectivity index (χ0v) is 15.2. The Bertz CT molecular complexity index is 732. The van der Waals surface area contributed by atoms with E-state index in [-0.39, 0.29) is 12.4 Å². The summed E-state index contributed by atoms with van der Waals surface area (Å²) in [7, 11) is 0. The van der Waals surface area contributed by atoms with Crippen LogP contribution in [-0.2, 0) is 6.54 Å². The summed E-state index contributed by atoms with van der Waals surface area (Å²) in [6, 6.07) is 5.33. The Morgan fingerprint density at radius 3 is 2.69 bits per heavy atom. The number of nitrogens with zero attached hydrogens (tertiary/aromatic N) is 2. The molecule has 2 N–H and O–H groups in total. The van der Waals surface area contributed by atoms with Gasteiger partial charge in [0.2, 0.25) is 0 Å². The van der Waals surface area contributed by atoms with Crippen LogP contribution < -0.4 is 15.4 Å². The van der Waals surface area contributed by atoms with Gasteiger partial charge in [0.15, 0.2) is 23.4 Å². The third kappa shape index (κ3) is 6.02. The molecule has 0 saturated heterocycles. The molecule has 142 valence electrons. The average Bonchev–Trinajstić information content (AvgIpc) is 3.09. The largest absolute Gasteiger partial charge is 0.492 e. The van der Waals surface area contributed by atoms with Crippen LogP contribution in [0.15, 0.2) is 33.8 Å². The molecule has 0 aliphatic rings. The Morgan fingerprint density at radius 1 is 1.23 bits per heavy atom. The molecule has 8 heteroatoms. The highest BCUT2D eigenvalue weighted by Gasteiger charge is 2.07. The molecule has 2 aromatic rings. The van der Waals surface area contributed by atoms with E-state index in [0.29, 0.717) is 37.3 Å². The average molecular weight is 366 g/mol. The summed E-state index contributed by atoms with van der Waals surface area (Å²) in [5.41, 5.74) is 0.896. The summed E-state index contributed by atoms with van der Waals surface area (Å²) < 4.78 is 36.6. The fourth-order valence-corrected chi connectivity index (χ4v) is 2.08. The van der Waals surface area contributed by atoms with Crippen molar-refractivity contribution in [3.8, 4) is 5.75 Å². The SMILES string of the molecule is CCNC(=NCc1cc(C(C)C)no1)NCCOc1ccc(F)c(F)c1. The minimum Gasteiger partial charge on any atom is -0.492 e. The second kappa shape index (κ2) is 9.74. The lowest BCUT2D eigenvalue weighted by Crippen LogP contribution is -2.39. The minimum absolute atomic E-state index is 0.273. The summed E-state index contributed by atoms with van der Waals surface area (Å²) in [6.45, 7) is 7.82. The summed E-state index contributed by atoms with van der Waals surface area (Å²) in [4.78, 5) is 4.42. The molecule has 0 unspecified atom stereocenters. The number of hydrogen-bond acceptors (Lipinski definition) is 4. The van der Waals surface area contributed by atoms with Crippen LogP contribution >= 0.6 is 0 Å². The molecular formula is C18H24F2N4O2. The normalized spacial score (nSPS) is 11.7. The van der Waals surface area contributed by atoms with Gasteiger partial charge in [-0.2, -0.15) is 0 Å². The summed E-state index contributed by atoms with van der Waals surface area (Å²) >= 11 is 0. The fraction of sp³-hybridized carbons (Fsp3) is 0.444. The molecule has 0 aliphatic heterocycles. The highest BCUT2D eigenvalue weighted by molar-refractivity contribution is 5.79. The predicted molar refractivity (Wildman–Crippen MR) is 95.3 cm³/mol. The first kappa shape index (κ1) is 19.7. The summed E-state index contributed by atoms with van der Waals surface area (Å²) in [6.07, 6.45) is 0. The van der Waals surface area contributed by atoms with Crippen molar-refractivity contribution in [1.82, 2.24) is 15.8 Å². The molecule has 1 aromatic heterocycles. The van der Waals surface area contributed by atoms with E-state index in [1.54, 1.807) is 0 Å². The van der Waals surface area contributed by atoms with E-state index >= 15 is 0 Å². The summed E-state index contributed by atoms with van der Waals surface area (Å²) in [5, 5.41) is 10.2. The Balaban J connectivity index is 1.81. The van der Waals surface area contributed by atoms with Crippen molar-refractivity contribution in [3.63, 3.8) is 0 Å². The van der Waals surface area contributed by atoms with Gasteiger partial charge in [-0.05, 0) is 25.0 Å². The third-order valence-electron chi connectivity index (χ3n) is 3.46. The maximum Gasteiger partial charge on any atom is 0.191 e. The van der Waals surface area contributed by atoms with Gasteiger partial charge < -0.3 is 19.9 Å². The van der Waals surface area contributed by atoms with Crippen molar-refractivity contribution in [2.24, 2.45) is 4.99 Å². The van der Waals surface area contributed by atoms with Gasteiger partial charge in [0.05, 0.1) is 12.2 Å². The molecule has 26 heavy (non-hydrogen) atoms. The van der Waals surface area contributed by atoms with Gasteiger partial charge in [0.1, 0.15) is 18.9 Å². The topological polar surface area (TPSA) is 71.7 Å². The number of ether oxygens (including phenoxy) is 1. The number of aromatic nitrogens is 1. The van der Waals surface area contributed by atoms with E-state index in [4.69, 9.17) is 9.26 Å². The Morgan fingerprint density at radius 2 is 2.04 bits per heavy atom. The maximum absolute atomic E-state index is 13.1. The molecule has 2 rings (SSSR count). The van der Waals surface area contributed by atoms with Crippen molar-refractivity contribution in [2.75, 3.05) is 19.7 Å². The van der Waals surface area contributed by atoms with Gasteiger partial charge in [-0.25, -0.2) is 13.8 Å². The van der Waals surface area contributed by atoms with Crippen molar-refractivity contribution >= 4 is 5.96 Å². The second-order valence-corrected chi connectivity index (χ2v) is 5.92. The molecule has 6 nitrogen and oxygen atoms in total. The second-order valence-electron chi connectivity index (χ2n) is 5.92. The molecule has 0 radical (unpaired) electrons. The number of halogens is 2. The van der Waals surface area contributed by atoms with Crippen LogP contribution in [0.2, 0.25) is 0 Å². The number of benzene rings is 1. The Labute approximate surface area is 151 Å². The van der Waals surface area contributed by atoms with Crippen LogP contribution in [0.4, 0.5) is 8.78 Å². The van der Waals surface area contributed by atoms with E-state index in [9.17, 15) is 8.78 Å². The van der Waals surface area contributed by atoms with Crippen molar-refractivity contribution < 1.29 is 18.0 Å². The monoisotopic (exact) mass is 366 g/mol. The number of aliphatic imine (C=N–C) groups is 1. The van der Waals surface area contributed by atoms with Gasteiger partial charge in [0.25, 0.3) is 0 Å². The Hall–Kier alpha value is -2.64. The van der Waals surface area contributed by atoms with E-state index < -0.39 is 11.6 Å². The zero-order chi connectivity index (χ0) is 18.9. The summed E-state index contributed by atoms with van der Waals surface area (Å²) in [5.74, 6) is 0.0305. The number of hydrogen-bond donors (Lipinski definition) is 2. The lowest BCUT2D eigenvalue weighted by Gasteiger charge is -2.11. The number of rotatable bonds is 8. The number of nitrogens with one attached hydrogen (secondary N) is 2. The third-order valence-corrected chi connectivity index (χ3v) is 3.46. The molecule has 0 aliphatic carbocycles. The van der Waals surface area contributed by atoms with Gasteiger partial charge in [-0.1, -0.05) is 19.0 Å². The van der Waals surface area contributed by atoms with E-state index in [0.717, 1.165) is 17.8 Å². The molecule has 0 fully saturated rings. The van der Waals surface area contributed by atoms with Crippen LogP contribution in [0, 0.1) is 11.6 Å². The first-order chi connectivity index (χ1) is 12.5. The molecule has 1 heterocycles. The lowest BCUT2D eigenvalue weighted by atomic mass is 10.1. The van der Waals surface area contributed by atoms with Crippen molar-refractivity contribution in [1.29, 1.82) is 0 Å². The molecule has 0 amide bonds. The van der Waals surface area contributed by atoms with Gasteiger partial charge in [-0.3, -0.25) is 0 Å². The Kier molecular flexibility index (Phi) is 7.37. The molecule has 0 atom stereocenters. The first-order valence-corrected chi connectivity index (χ1v) is 8.55. The predicted octanol–water partition coefficient (Wildman–Crippen LogP) is 3.21. The van der Waals surface area contributed by atoms with Crippen molar-refractivity contribution in [2.45, 2.75) is 33.2 Å². The quantitative estimate of drug-likeness (QED) is 0.426. The van der Waals surface area contributed by atoms with Crippen LogP contribution in [0.5, 0.6) is 5.75 Å². The van der Waals surface area contributed by atoms with E-state index in [1.807, 2.05) is 26.8 Å². The molecule has 1 aromatic carbocycles. The van der Waals surface area contributed by atoms with Gasteiger partial charge >= 0.3 is 0 Å². The van der Waals surface area contributed by atoms with E-state index in [1.165, 1.54) is 6.07 Å². The molecule has 0 spiro atoms. The van der Waals surface area contributed by atoms with E-state index in [2.05, 4.69) is 20.8 Å². The van der Waals surface area contributed by atoms with Crippen molar-refractivity contribution in [3.05, 3.63) is 47.4 Å². The molecule has 0 saturated carbocycles. The molecular weight excluding hydrogens is 342 g/mol. The van der Waals surface area contributed by atoms with Crippen LogP contribution in [0.1, 0.15) is 38.1 Å². The maximum atomic E-state index is 13.1. The standard InChI is InChI=1S/C18H24F2N4O2/c1-4-21-18(23-11-14-10-17(12(2)3)24-26-14)22-7-8-25-13-5-6-15(19)16(20)9-13/h5-6,9-10,12H,4,7-8,11H2,1-3H3,(H2,21,22,23). The van der Waals surface area contributed by atoms with Crippen LogP contribution in [-0.4, -0.2) is 30.8 Å². The molecule has 0 bridgehead atoms. The number of guanidine groups is 1. The fourth-order valence-electron chi connectivity index (χ4n) is 2.08. The first-order valence-electron chi connectivity index (χ1n) is 8.55. The van der Waals surface area contributed by atoms with Gasteiger partial charge in [-0.15, -0.1) is 0 Å². The van der Waals surface area contributed by atoms with Gasteiger partial charge in [0, 0.05) is 18.7 Å². The highest BCUT2D eigenvalue weighted by Crippen LogP contribution is 2.15.